The summed E-state index contributed by atoms with van der Waals surface area (Å²) in [4.78, 5) is 18.0. The fourth-order valence-electron chi connectivity index (χ4n) is 4.62. The number of nitrogens with zero attached hydrogens (tertiary/aromatic N) is 3. The number of amides is 1. The number of aryl methyl sites for hydroxylation is 3. The van der Waals surface area contributed by atoms with Crippen molar-refractivity contribution in [3.05, 3.63) is 35.0 Å². The lowest BCUT2D eigenvalue weighted by Gasteiger charge is -2.34. The summed E-state index contributed by atoms with van der Waals surface area (Å²) in [5.74, 6) is 0.0650. The first-order valence-electron chi connectivity index (χ1n) is 10.1. The predicted molar refractivity (Wildman–Crippen MR) is 110 cm³/mol. The molecule has 1 aromatic carbocycles. The third kappa shape index (κ3) is 3.50. The molecule has 2 aliphatic rings. The maximum atomic E-state index is 13.0. The molecule has 1 saturated carbocycles. The highest BCUT2D eigenvalue weighted by Crippen LogP contribution is 2.45. The number of rotatable bonds is 5. The van der Waals surface area contributed by atoms with Gasteiger partial charge in [-0.05, 0) is 44.9 Å². The van der Waals surface area contributed by atoms with Crippen LogP contribution in [0.25, 0.3) is 10.9 Å². The van der Waals surface area contributed by atoms with Gasteiger partial charge in [0.2, 0.25) is 0 Å². The normalized spacial score (nSPS) is 20.1. The van der Waals surface area contributed by atoms with E-state index in [4.69, 9.17) is 0 Å². The van der Waals surface area contributed by atoms with Gasteiger partial charge in [-0.1, -0.05) is 18.2 Å². The van der Waals surface area contributed by atoms with Crippen LogP contribution in [0.2, 0.25) is 0 Å². The topological polar surface area (TPSA) is 40.5 Å². The van der Waals surface area contributed by atoms with E-state index in [0.717, 1.165) is 50.5 Å². The quantitative estimate of drug-likeness (QED) is 0.882. The molecular weight excluding hydrogens is 336 g/mol. The zero-order chi connectivity index (χ0) is 19.2. The third-order valence-electron chi connectivity index (χ3n) is 6.62. The Morgan fingerprint density at radius 2 is 1.81 bits per heavy atom. The molecule has 5 nitrogen and oxygen atoms in total. The van der Waals surface area contributed by atoms with Crippen LogP contribution in [-0.4, -0.2) is 66.6 Å². The maximum absolute atomic E-state index is 13.0. The van der Waals surface area contributed by atoms with Crippen LogP contribution in [0.3, 0.4) is 0 Å². The number of likely N-dealkylation sites (N-methyl/N-ethyl adjacent to an activating group) is 1. The summed E-state index contributed by atoms with van der Waals surface area (Å²) >= 11 is 0. The van der Waals surface area contributed by atoms with E-state index in [-0.39, 0.29) is 5.91 Å². The van der Waals surface area contributed by atoms with Crippen molar-refractivity contribution in [1.82, 2.24) is 19.7 Å². The molecule has 4 rings (SSSR count). The van der Waals surface area contributed by atoms with Crippen molar-refractivity contribution in [1.29, 1.82) is 0 Å². The molecule has 0 spiro atoms. The van der Waals surface area contributed by atoms with E-state index < -0.39 is 0 Å². The average Bonchev–Trinajstić information content (AvgIpc) is 3.36. The third-order valence-corrected chi connectivity index (χ3v) is 6.62. The smallest absolute Gasteiger partial charge is 0.268 e. The SMILES string of the molecule is Cc1c(C(=O)NCC2(CN3CCN(C)CC3)CC2)n(C)c2c(C)cccc12. The molecule has 1 aromatic heterocycles. The van der Waals surface area contributed by atoms with Gasteiger partial charge in [-0.15, -0.1) is 0 Å². The van der Waals surface area contributed by atoms with Crippen molar-refractivity contribution in [2.45, 2.75) is 26.7 Å². The van der Waals surface area contributed by atoms with Crippen molar-refractivity contribution in [2.24, 2.45) is 12.5 Å². The van der Waals surface area contributed by atoms with Gasteiger partial charge in [-0.2, -0.15) is 0 Å². The van der Waals surface area contributed by atoms with E-state index in [0.29, 0.717) is 5.41 Å². The van der Waals surface area contributed by atoms with Gasteiger partial charge in [0.25, 0.3) is 5.91 Å². The number of carbonyl (C=O) groups is 1. The zero-order valence-corrected chi connectivity index (χ0v) is 17.1. The van der Waals surface area contributed by atoms with E-state index in [9.17, 15) is 4.79 Å². The summed E-state index contributed by atoms with van der Waals surface area (Å²) in [5, 5.41) is 4.45. The molecule has 1 aliphatic carbocycles. The van der Waals surface area contributed by atoms with Gasteiger partial charge in [0.1, 0.15) is 5.69 Å². The van der Waals surface area contributed by atoms with Gasteiger partial charge in [-0.3, -0.25) is 4.79 Å². The Bertz CT molecular complexity index is 857. The van der Waals surface area contributed by atoms with Crippen molar-refractivity contribution < 1.29 is 4.79 Å². The largest absolute Gasteiger partial charge is 0.350 e. The second kappa shape index (κ2) is 6.95. The fraction of sp³-hybridized carbons (Fsp3) is 0.591. The summed E-state index contributed by atoms with van der Waals surface area (Å²) in [7, 11) is 4.20. The number of hydrogen-bond donors (Lipinski definition) is 1. The van der Waals surface area contributed by atoms with E-state index >= 15 is 0 Å². The second-order valence-corrected chi connectivity index (χ2v) is 8.77. The summed E-state index contributed by atoms with van der Waals surface area (Å²) in [5.41, 5.74) is 4.55. The van der Waals surface area contributed by atoms with Gasteiger partial charge in [0.15, 0.2) is 0 Å². The first-order chi connectivity index (χ1) is 12.9. The number of benzene rings is 1. The van der Waals surface area contributed by atoms with Crippen LogP contribution in [0.15, 0.2) is 18.2 Å². The second-order valence-electron chi connectivity index (χ2n) is 8.77. The number of aromatic nitrogens is 1. The molecule has 5 heteroatoms. The minimum absolute atomic E-state index is 0.0650. The van der Waals surface area contributed by atoms with Crippen LogP contribution < -0.4 is 5.32 Å². The van der Waals surface area contributed by atoms with Crippen LogP contribution >= 0.6 is 0 Å². The molecule has 146 valence electrons. The average molecular weight is 369 g/mol. The van der Waals surface area contributed by atoms with Crippen LogP contribution in [0.1, 0.15) is 34.5 Å². The van der Waals surface area contributed by atoms with Gasteiger partial charge >= 0.3 is 0 Å². The molecule has 2 heterocycles. The molecule has 1 amide bonds. The Hall–Kier alpha value is -1.85. The number of fused-ring (bicyclic) bond motifs is 1. The van der Waals surface area contributed by atoms with Crippen molar-refractivity contribution in [3.63, 3.8) is 0 Å². The van der Waals surface area contributed by atoms with Gasteiger partial charge in [-0.25, -0.2) is 0 Å². The van der Waals surface area contributed by atoms with Crippen LogP contribution in [0, 0.1) is 19.3 Å². The van der Waals surface area contributed by atoms with Crippen molar-refractivity contribution >= 4 is 16.8 Å². The first kappa shape index (κ1) is 18.5. The lowest BCUT2D eigenvalue weighted by atomic mass is 10.1. The lowest BCUT2D eigenvalue weighted by Crippen LogP contribution is -2.48. The molecule has 2 aromatic rings. The van der Waals surface area contributed by atoms with Crippen LogP contribution in [-0.2, 0) is 7.05 Å². The Balaban J connectivity index is 1.44. The van der Waals surface area contributed by atoms with Crippen molar-refractivity contribution in [3.8, 4) is 0 Å². The highest BCUT2D eigenvalue weighted by molar-refractivity contribution is 6.02. The molecule has 2 fully saturated rings. The minimum atomic E-state index is 0.0650. The van der Waals surface area contributed by atoms with E-state index in [2.05, 4.69) is 58.8 Å². The molecule has 1 aliphatic heterocycles. The summed E-state index contributed by atoms with van der Waals surface area (Å²) < 4.78 is 2.06. The number of carbonyl (C=O) groups excluding carboxylic acids is 1. The fourth-order valence-corrected chi connectivity index (χ4v) is 4.62. The van der Waals surface area contributed by atoms with Crippen LogP contribution in [0.4, 0.5) is 0 Å². The van der Waals surface area contributed by atoms with E-state index in [1.54, 1.807) is 0 Å². The standard InChI is InChI=1S/C22H32N4O/c1-16-6-5-7-18-17(2)20(25(4)19(16)18)21(27)23-14-22(8-9-22)15-26-12-10-24(3)11-13-26/h5-7H,8-15H2,1-4H3,(H,23,27). The Morgan fingerprint density at radius 3 is 2.44 bits per heavy atom. The summed E-state index contributed by atoms with van der Waals surface area (Å²) in [6.07, 6.45) is 2.46. The molecular formula is C22H32N4O. The molecule has 0 bridgehead atoms. The number of nitrogens with one attached hydrogen (secondary N) is 1. The number of piperazine rings is 1. The number of hydrogen-bond acceptors (Lipinski definition) is 3. The monoisotopic (exact) mass is 368 g/mol. The highest BCUT2D eigenvalue weighted by Gasteiger charge is 2.44. The zero-order valence-electron chi connectivity index (χ0n) is 17.1. The Kier molecular flexibility index (Phi) is 4.77. The molecule has 0 unspecified atom stereocenters. The van der Waals surface area contributed by atoms with Gasteiger partial charge in [0, 0.05) is 57.1 Å². The molecule has 0 radical (unpaired) electrons. The Morgan fingerprint density at radius 1 is 1.11 bits per heavy atom. The first-order valence-corrected chi connectivity index (χ1v) is 10.1. The Labute approximate surface area is 162 Å². The van der Waals surface area contributed by atoms with Gasteiger partial charge < -0.3 is 19.7 Å². The summed E-state index contributed by atoms with van der Waals surface area (Å²) in [6.45, 7) is 10.7. The predicted octanol–water partition coefficient (Wildman–Crippen LogP) is 2.55. The molecule has 1 saturated heterocycles. The lowest BCUT2D eigenvalue weighted by molar-refractivity contribution is 0.0919. The van der Waals surface area contributed by atoms with E-state index in [1.807, 2.05) is 7.05 Å². The molecule has 27 heavy (non-hydrogen) atoms. The molecule has 1 N–H and O–H groups in total. The van der Waals surface area contributed by atoms with E-state index in [1.165, 1.54) is 29.3 Å². The molecule has 0 atom stereocenters. The minimum Gasteiger partial charge on any atom is -0.350 e. The van der Waals surface area contributed by atoms with Crippen LogP contribution in [0.5, 0.6) is 0 Å². The van der Waals surface area contributed by atoms with Gasteiger partial charge in [0.05, 0.1) is 5.52 Å². The summed E-state index contributed by atoms with van der Waals surface area (Å²) in [6, 6.07) is 6.30. The maximum Gasteiger partial charge on any atom is 0.268 e. The highest BCUT2D eigenvalue weighted by atomic mass is 16.1. The number of para-hydroxylation sites is 1. The van der Waals surface area contributed by atoms with Crippen molar-refractivity contribution in [2.75, 3.05) is 46.3 Å².